The fourth-order valence-electron chi connectivity index (χ4n) is 5.21. The predicted octanol–water partition coefficient (Wildman–Crippen LogP) is 5.72. The van der Waals surface area contributed by atoms with Crippen molar-refractivity contribution in [2.75, 3.05) is 18.0 Å². The summed E-state index contributed by atoms with van der Waals surface area (Å²) in [7, 11) is -2.81. The van der Waals surface area contributed by atoms with E-state index in [2.05, 4.69) is 5.32 Å². The normalized spacial score (nSPS) is 14.6. The molecule has 2 amide bonds. The van der Waals surface area contributed by atoms with E-state index < -0.39 is 28.5 Å². The van der Waals surface area contributed by atoms with Gasteiger partial charge in [0.15, 0.2) is 0 Å². The van der Waals surface area contributed by atoms with E-state index in [9.17, 15) is 18.0 Å². The van der Waals surface area contributed by atoms with Gasteiger partial charge < -0.3 is 15.0 Å². The maximum absolute atomic E-state index is 14.2. The minimum Gasteiger partial charge on any atom is -0.495 e. The molecule has 1 saturated carbocycles. The van der Waals surface area contributed by atoms with Crippen molar-refractivity contribution < 1.29 is 22.7 Å². The minimum absolute atomic E-state index is 0.00775. The second-order valence-corrected chi connectivity index (χ2v) is 12.9. The number of sulfonamides is 1. The molecule has 0 bridgehead atoms. The molecule has 0 spiro atoms. The zero-order valence-corrected chi connectivity index (χ0v) is 25.8. The van der Waals surface area contributed by atoms with Gasteiger partial charge in [-0.3, -0.25) is 13.9 Å². The van der Waals surface area contributed by atoms with Gasteiger partial charge in [0.1, 0.15) is 18.3 Å². The molecule has 8 nitrogen and oxygen atoms in total. The fraction of sp³-hybridized carbons (Fsp3) is 0.375. The average Bonchev–Trinajstić information content (AvgIpc) is 2.99. The molecule has 4 rings (SSSR count). The van der Waals surface area contributed by atoms with Crippen molar-refractivity contribution >= 4 is 39.1 Å². The Kier molecular flexibility index (Phi) is 10.5. The van der Waals surface area contributed by atoms with Crippen molar-refractivity contribution in [3.05, 3.63) is 88.9 Å². The zero-order valence-electron chi connectivity index (χ0n) is 24.3. The number of rotatable bonds is 11. The first-order chi connectivity index (χ1) is 20.1. The molecule has 224 valence electrons. The molecule has 1 atom stereocenters. The minimum atomic E-state index is -4.24. The van der Waals surface area contributed by atoms with Crippen LogP contribution in [0.25, 0.3) is 0 Å². The van der Waals surface area contributed by atoms with E-state index in [4.69, 9.17) is 16.3 Å². The molecule has 1 aliphatic carbocycles. The van der Waals surface area contributed by atoms with E-state index >= 15 is 0 Å². The number of methoxy groups -OCH3 is 1. The van der Waals surface area contributed by atoms with Crippen molar-refractivity contribution in [1.82, 2.24) is 10.2 Å². The molecule has 0 radical (unpaired) electrons. The SMILES string of the molecule is COc1ccc(Cl)cc1N(CC(=O)N(Cc1ccccc1C)C(C)C(=O)NC1CCCCC1)S(=O)(=O)c1ccccc1. The maximum atomic E-state index is 14.2. The summed E-state index contributed by atoms with van der Waals surface area (Å²) in [5.74, 6) is -0.562. The fourth-order valence-corrected chi connectivity index (χ4v) is 6.82. The lowest BCUT2D eigenvalue weighted by molar-refractivity contribution is -0.139. The van der Waals surface area contributed by atoms with E-state index in [1.54, 1.807) is 37.3 Å². The summed E-state index contributed by atoms with van der Waals surface area (Å²) in [5.41, 5.74) is 1.94. The highest BCUT2D eigenvalue weighted by atomic mass is 35.5. The third kappa shape index (κ3) is 7.44. The van der Waals surface area contributed by atoms with Crippen LogP contribution in [0.2, 0.25) is 5.02 Å². The molecule has 3 aromatic carbocycles. The second kappa shape index (κ2) is 14.1. The molecule has 0 saturated heterocycles. The highest BCUT2D eigenvalue weighted by Crippen LogP contribution is 2.35. The van der Waals surface area contributed by atoms with E-state index in [1.165, 1.54) is 30.2 Å². The summed E-state index contributed by atoms with van der Waals surface area (Å²) in [6.07, 6.45) is 5.07. The number of carbonyl (C=O) groups is 2. The second-order valence-electron chi connectivity index (χ2n) is 10.6. The van der Waals surface area contributed by atoms with Crippen LogP contribution in [0.15, 0.2) is 77.7 Å². The summed E-state index contributed by atoms with van der Waals surface area (Å²) in [6.45, 7) is 3.19. The van der Waals surface area contributed by atoms with Crippen LogP contribution in [-0.2, 0) is 26.2 Å². The van der Waals surface area contributed by atoms with Crippen LogP contribution >= 0.6 is 11.6 Å². The van der Waals surface area contributed by atoms with Gasteiger partial charge in [0.05, 0.1) is 17.7 Å². The highest BCUT2D eigenvalue weighted by Gasteiger charge is 2.34. The number of benzene rings is 3. The molecule has 42 heavy (non-hydrogen) atoms. The number of halogens is 1. The van der Waals surface area contributed by atoms with E-state index in [0.717, 1.165) is 47.5 Å². The molecule has 1 unspecified atom stereocenters. The Labute approximate surface area is 253 Å². The van der Waals surface area contributed by atoms with Gasteiger partial charge in [-0.05, 0) is 68.1 Å². The number of carbonyl (C=O) groups excluding carboxylic acids is 2. The van der Waals surface area contributed by atoms with Crippen molar-refractivity contribution in [2.45, 2.75) is 69.5 Å². The number of nitrogens with zero attached hydrogens (tertiary/aromatic N) is 2. The number of hydrogen-bond donors (Lipinski definition) is 1. The lowest BCUT2D eigenvalue weighted by Crippen LogP contribution is -2.53. The van der Waals surface area contributed by atoms with Crippen molar-refractivity contribution in [2.24, 2.45) is 0 Å². The molecule has 1 fully saturated rings. The van der Waals surface area contributed by atoms with Crippen LogP contribution in [0.1, 0.15) is 50.2 Å². The Hall–Kier alpha value is -3.56. The van der Waals surface area contributed by atoms with Gasteiger partial charge in [0, 0.05) is 17.6 Å². The average molecular weight is 612 g/mol. The standard InChI is InChI=1S/C32H38ClN3O5S/c1-23-12-10-11-13-25(23)21-35(24(2)32(38)34-27-14-6-4-7-15-27)31(37)22-36(29-20-26(33)18-19-30(29)41-3)42(39,40)28-16-8-5-9-17-28/h5,8-13,16-20,24,27H,4,6-7,14-15,21-22H2,1-3H3,(H,34,38). The number of hydrogen-bond acceptors (Lipinski definition) is 5. The van der Waals surface area contributed by atoms with Crippen molar-refractivity contribution in [3.8, 4) is 5.75 Å². The van der Waals surface area contributed by atoms with Crippen LogP contribution in [0.4, 0.5) is 5.69 Å². The van der Waals surface area contributed by atoms with Gasteiger partial charge in [-0.15, -0.1) is 0 Å². The third-order valence-electron chi connectivity index (χ3n) is 7.74. The van der Waals surface area contributed by atoms with Gasteiger partial charge in [0.2, 0.25) is 11.8 Å². The highest BCUT2D eigenvalue weighted by molar-refractivity contribution is 7.92. The number of anilines is 1. The maximum Gasteiger partial charge on any atom is 0.264 e. The van der Waals surface area contributed by atoms with E-state index in [-0.39, 0.29) is 39.8 Å². The van der Waals surface area contributed by atoms with Crippen molar-refractivity contribution in [3.63, 3.8) is 0 Å². The van der Waals surface area contributed by atoms with Gasteiger partial charge in [-0.25, -0.2) is 8.42 Å². The van der Waals surface area contributed by atoms with Gasteiger partial charge in [0.25, 0.3) is 10.0 Å². The largest absolute Gasteiger partial charge is 0.495 e. The smallest absolute Gasteiger partial charge is 0.264 e. The Morgan fingerprint density at radius 1 is 1.00 bits per heavy atom. The Morgan fingerprint density at radius 3 is 2.33 bits per heavy atom. The lowest BCUT2D eigenvalue weighted by Gasteiger charge is -2.33. The number of aryl methyl sites for hydroxylation is 1. The van der Waals surface area contributed by atoms with Crippen LogP contribution in [-0.4, -0.2) is 50.9 Å². The molecule has 1 N–H and O–H groups in total. The van der Waals surface area contributed by atoms with Crippen LogP contribution in [0.3, 0.4) is 0 Å². The number of ether oxygens (including phenoxy) is 1. The summed E-state index contributed by atoms with van der Waals surface area (Å²) in [4.78, 5) is 29.1. The summed E-state index contributed by atoms with van der Waals surface area (Å²) in [5, 5.41) is 3.40. The van der Waals surface area contributed by atoms with E-state index in [1.807, 2.05) is 31.2 Å². The molecule has 0 aliphatic heterocycles. The predicted molar refractivity (Wildman–Crippen MR) is 165 cm³/mol. The van der Waals surface area contributed by atoms with Gasteiger partial charge in [-0.1, -0.05) is 73.3 Å². The number of nitrogens with one attached hydrogen (secondary N) is 1. The number of amides is 2. The topological polar surface area (TPSA) is 96.0 Å². The monoisotopic (exact) mass is 611 g/mol. The summed E-state index contributed by atoms with van der Waals surface area (Å²) in [6, 6.07) is 19.3. The third-order valence-corrected chi connectivity index (χ3v) is 9.75. The first-order valence-electron chi connectivity index (χ1n) is 14.2. The molecular formula is C32H38ClN3O5S. The van der Waals surface area contributed by atoms with Crippen molar-refractivity contribution in [1.29, 1.82) is 0 Å². The molecule has 0 heterocycles. The first-order valence-corrected chi connectivity index (χ1v) is 16.0. The van der Waals surface area contributed by atoms with Crippen LogP contribution in [0.5, 0.6) is 5.75 Å². The molecule has 1 aliphatic rings. The summed E-state index contributed by atoms with van der Waals surface area (Å²) >= 11 is 6.30. The Balaban J connectivity index is 1.73. The molecule has 10 heteroatoms. The quantitative estimate of drug-likeness (QED) is 0.299. The molecule has 3 aromatic rings. The molecule has 0 aromatic heterocycles. The van der Waals surface area contributed by atoms with Gasteiger partial charge in [-0.2, -0.15) is 0 Å². The lowest BCUT2D eigenvalue weighted by atomic mass is 9.95. The summed E-state index contributed by atoms with van der Waals surface area (Å²) < 4.78 is 34.5. The van der Waals surface area contributed by atoms with Gasteiger partial charge >= 0.3 is 0 Å². The Morgan fingerprint density at radius 2 is 1.67 bits per heavy atom. The van der Waals surface area contributed by atoms with Crippen LogP contribution < -0.4 is 14.4 Å². The zero-order chi connectivity index (χ0) is 30.3. The first kappa shape index (κ1) is 31.4. The van der Waals surface area contributed by atoms with Crippen LogP contribution in [0, 0.1) is 6.92 Å². The molecular weight excluding hydrogens is 574 g/mol. The van der Waals surface area contributed by atoms with E-state index in [0.29, 0.717) is 0 Å². The Bertz CT molecular complexity index is 1490.